The van der Waals surface area contributed by atoms with E-state index in [1.54, 1.807) is 20.0 Å². The molecule has 0 amide bonds. The van der Waals surface area contributed by atoms with Crippen molar-refractivity contribution in [1.29, 1.82) is 0 Å². The number of ether oxygens (including phenoxy) is 2. The molecular formula is C13H18N2O5. The summed E-state index contributed by atoms with van der Waals surface area (Å²) < 4.78 is 10.9. The summed E-state index contributed by atoms with van der Waals surface area (Å²) >= 11 is 0. The predicted molar refractivity (Wildman–Crippen MR) is 69.6 cm³/mol. The first kappa shape index (κ1) is 15.9. The number of aryl methyl sites for hydroxylation is 1. The number of nitrogens with zero attached hydrogens (tertiary/aromatic N) is 2. The van der Waals surface area contributed by atoms with Crippen LogP contribution < -0.4 is 0 Å². The fraction of sp³-hybridized carbons (Fsp3) is 0.462. The van der Waals surface area contributed by atoms with Gasteiger partial charge in [-0.2, -0.15) is 0 Å². The zero-order valence-electron chi connectivity index (χ0n) is 11.8. The number of hydrogen-bond acceptors (Lipinski definition) is 6. The lowest BCUT2D eigenvalue weighted by atomic mass is 9.93. The Bertz CT molecular complexity index is 523. The van der Waals surface area contributed by atoms with E-state index in [0.717, 1.165) is 7.11 Å². The third kappa shape index (κ3) is 2.57. The summed E-state index contributed by atoms with van der Waals surface area (Å²) in [4.78, 5) is 27.7. The molecule has 1 heterocycles. The van der Waals surface area contributed by atoms with Crippen molar-refractivity contribution in [2.24, 2.45) is 0 Å². The molecular weight excluding hydrogens is 264 g/mol. The molecule has 0 fully saturated rings. The summed E-state index contributed by atoms with van der Waals surface area (Å²) in [5.41, 5.74) is -2.82. The van der Waals surface area contributed by atoms with E-state index in [9.17, 15) is 14.7 Å². The Hall–Kier alpha value is -2.15. The van der Waals surface area contributed by atoms with Gasteiger partial charge in [0, 0.05) is 18.9 Å². The third-order valence-corrected chi connectivity index (χ3v) is 2.82. The summed E-state index contributed by atoms with van der Waals surface area (Å²) in [7, 11) is 1.13. The molecule has 1 aromatic heterocycles. The van der Waals surface area contributed by atoms with E-state index in [1.165, 1.54) is 10.8 Å². The van der Waals surface area contributed by atoms with Gasteiger partial charge < -0.3 is 19.1 Å². The Kier molecular flexibility index (Phi) is 5.04. The maximum absolute atomic E-state index is 12.1. The lowest BCUT2D eigenvalue weighted by molar-refractivity contribution is -0.166. The first-order valence-corrected chi connectivity index (χ1v) is 6.12. The molecule has 0 radical (unpaired) electrons. The second-order valence-corrected chi connectivity index (χ2v) is 3.94. The standard InChI is InChI=1S/C13H18N2O5/c1-5-15-8-7-14-11(15)13(18,12(17)20-6-2)9(3)10(16)19-4/h7-8,18H,3,5-6H2,1-2,4H3. The lowest BCUT2D eigenvalue weighted by Crippen LogP contribution is -2.44. The van der Waals surface area contributed by atoms with Gasteiger partial charge in [-0.05, 0) is 13.8 Å². The van der Waals surface area contributed by atoms with E-state index < -0.39 is 23.1 Å². The molecule has 0 saturated carbocycles. The van der Waals surface area contributed by atoms with E-state index in [1.807, 2.05) is 0 Å². The van der Waals surface area contributed by atoms with Crippen molar-refractivity contribution in [2.75, 3.05) is 13.7 Å². The number of rotatable bonds is 6. The van der Waals surface area contributed by atoms with E-state index in [-0.39, 0.29) is 12.4 Å². The number of aliphatic hydroxyl groups is 1. The van der Waals surface area contributed by atoms with Crippen molar-refractivity contribution in [3.63, 3.8) is 0 Å². The highest BCUT2D eigenvalue weighted by atomic mass is 16.6. The summed E-state index contributed by atoms with van der Waals surface area (Å²) in [5.74, 6) is -1.96. The lowest BCUT2D eigenvalue weighted by Gasteiger charge is -2.26. The van der Waals surface area contributed by atoms with E-state index >= 15 is 0 Å². The van der Waals surface area contributed by atoms with Crippen LogP contribution in [0.2, 0.25) is 0 Å². The SMILES string of the molecule is C=C(C(=O)OC)C(O)(C(=O)OCC)c1nccn1CC. The van der Waals surface area contributed by atoms with E-state index in [0.29, 0.717) is 6.54 Å². The fourth-order valence-corrected chi connectivity index (χ4v) is 1.74. The minimum atomic E-state index is -2.37. The second kappa shape index (κ2) is 6.33. The van der Waals surface area contributed by atoms with Gasteiger partial charge in [0.1, 0.15) is 0 Å². The van der Waals surface area contributed by atoms with Crippen LogP contribution in [0.15, 0.2) is 24.5 Å². The fourth-order valence-electron chi connectivity index (χ4n) is 1.74. The van der Waals surface area contributed by atoms with E-state index in [4.69, 9.17) is 4.74 Å². The molecule has 0 aromatic carbocycles. The van der Waals surface area contributed by atoms with Crippen LogP contribution in [-0.4, -0.2) is 40.3 Å². The van der Waals surface area contributed by atoms with Crippen LogP contribution in [0.4, 0.5) is 0 Å². The Morgan fingerprint density at radius 2 is 2.15 bits per heavy atom. The molecule has 0 aliphatic heterocycles. The van der Waals surface area contributed by atoms with Gasteiger partial charge in [-0.1, -0.05) is 6.58 Å². The Morgan fingerprint density at radius 1 is 1.50 bits per heavy atom. The van der Waals surface area contributed by atoms with Crippen LogP contribution in [0.25, 0.3) is 0 Å². The number of carbonyl (C=O) groups is 2. The number of hydrogen-bond donors (Lipinski definition) is 1. The maximum atomic E-state index is 12.1. The highest BCUT2D eigenvalue weighted by Crippen LogP contribution is 2.30. The van der Waals surface area contributed by atoms with Crippen LogP contribution in [0, 0.1) is 0 Å². The molecule has 1 aromatic rings. The molecule has 0 bridgehead atoms. The Labute approximate surface area is 116 Å². The van der Waals surface area contributed by atoms with Crippen molar-refractivity contribution in [1.82, 2.24) is 9.55 Å². The van der Waals surface area contributed by atoms with Gasteiger partial charge in [-0.15, -0.1) is 0 Å². The predicted octanol–water partition coefficient (Wildman–Crippen LogP) is 0.383. The molecule has 7 nitrogen and oxygen atoms in total. The van der Waals surface area contributed by atoms with Crippen LogP contribution in [0.1, 0.15) is 19.7 Å². The normalized spacial score (nSPS) is 13.4. The van der Waals surface area contributed by atoms with Gasteiger partial charge in [-0.3, -0.25) is 0 Å². The highest BCUT2D eigenvalue weighted by Gasteiger charge is 2.49. The van der Waals surface area contributed by atoms with Gasteiger partial charge in [0.2, 0.25) is 0 Å². The van der Waals surface area contributed by atoms with Gasteiger partial charge in [0.15, 0.2) is 5.82 Å². The van der Waals surface area contributed by atoms with Gasteiger partial charge in [0.05, 0.1) is 19.3 Å². The quantitative estimate of drug-likeness (QED) is 0.599. The van der Waals surface area contributed by atoms with Crippen molar-refractivity contribution >= 4 is 11.9 Å². The summed E-state index contributed by atoms with van der Waals surface area (Å²) in [5, 5.41) is 10.7. The first-order chi connectivity index (χ1) is 9.43. The van der Waals surface area contributed by atoms with Gasteiger partial charge in [-0.25, -0.2) is 14.6 Å². The van der Waals surface area contributed by atoms with Gasteiger partial charge >= 0.3 is 11.9 Å². The summed E-state index contributed by atoms with van der Waals surface area (Å²) in [6, 6.07) is 0. The molecule has 0 aliphatic carbocycles. The zero-order valence-corrected chi connectivity index (χ0v) is 11.8. The van der Waals surface area contributed by atoms with Crippen LogP contribution in [-0.2, 0) is 31.2 Å². The molecule has 1 unspecified atom stereocenters. The summed E-state index contributed by atoms with van der Waals surface area (Å²) in [6.45, 7) is 7.34. The molecule has 0 saturated heterocycles. The second-order valence-electron chi connectivity index (χ2n) is 3.94. The third-order valence-electron chi connectivity index (χ3n) is 2.82. The number of esters is 2. The Morgan fingerprint density at radius 3 is 2.65 bits per heavy atom. The molecule has 1 N–H and O–H groups in total. The minimum absolute atomic E-state index is 0.0335. The average Bonchev–Trinajstić information content (AvgIpc) is 2.93. The van der Waals surface area contributed by atoms with Crippen molar-refractivity contribution in [2.45, 2.75) is 26.0 Å². The van der Waals surface area contributed by atoms with Gasteiger partial charge in [0.25, 0.3) is 5.60 Å². The molecule has 1 atom stereocenters. The molecule has 0 spiro atoms. The molecule has 1 rings (SSSR count). The zero-order chi connectivity index (χ0) is 15.3. The average molecular weight is 282 g/mol. The van der Waals surface area contributed by atoms with Crippen molar-refractivity contribution in [3.8, 4) is 0 Å². The minimum Gasteiger partial charge on any atom is -0.466 e. The Balaban J connectivity index is 3.38. The number of imidazole rings is 1. The highest BCUT2D eigenvalue weighted by molar-refractivity contribution is 5.99. The topological polar surface area (TPSA) is 90.7 Å². The largest absolute Gasteiger partial charge is 0.466 e. The maximum Gasteiger partial charge on any atom is 0.351 e. The van der Waals surface area contributed by atoms with Crippen LogP contribution >= 0.6 is 0 Å². The van der Waals surface area contributed by atoms with Crippen molar-refractivity contribution in [3.05, 3.63) is 30.4 Å². The number of aromatic nitrogens is 2. The number of carbonyl (C=O) groups excluding carboxylic acids is 2. The summed E-state index contributed by atoms with van der Waals surface area (Å²) in [6.07, 6.45) is 2.98. The molecule has 0 aliphatic rings. The monoisotopic (exact) mass is 282 g/mol. The van der Waals surface area contributed by atoms with Crippen LogP contribution in [0.3, 0.4) is 0 Å². The smallest absolute Gasteiger partial charge is 0.351 e. The van der Waals surface area contributed by atoms with Crippen LogP contribution in [0.5, 0.6) is 0 Å². The van der Waals surface area contributed by atoms with Crippen molar-refractivity contribution < 1.29 is 24.2 Å². The molecule has 110 valence electrons. The molecule has 20 heavy (non-hydrogen) atoms. The van der Waals surface area contributed by atoms with E-state index in [2.05, 4.69) is 16.3 Å². The number of methoxy groups -OCH3 is 1. The molecule has 7 heteroatoms. The first-order valence-electron chi connectivity index (χ1n) is 6.12.